The van der Waals surface area contributed by atoms with E-state index in [4.69, 9.17) is 0 Å². The van der Waals surface area contributed by atoms with Crippen LogP contribution in [0, 0.1) is 0 Å². The molecule has 0 fully saturated rings. The molecule has 14 heavy (non-hydrogen) atoms. The van der Waals surface area contributed by atoms with E-state index in [1.54, 1.807) is 29.9 Å². The van der Waals surface area contributed by atoms with Crippen LogP contribution in [0.5, 0.6) is 0 Å². The molecule has 0 spiro atoms. The summed E-state index contributed by atoms with van der Waals surface area (Å²) in [4.78, 5) is 12.6. The van der Waals surface area contributed by atoms with Crippen LogP contribution in [0.25, 0.3) is 0 Å². The van der Waals surface area contributed by atoms with E-state index < -0.39 is 0 Å². The van der Waals surface area contributed by atoms with Crippen molar-refractivity contribution in [1.82, 2.24) is 15.0 Å². The minimum Gasteiger partial charge on any atom is -0.372 e. The summed E-state index contributed by atoms with van der Waals surface area (Å²) in [6, 6.07) is 0. The second-order valence-corrected chi connectivity index (χ2v) is 3.73. The van der Waals surface area contributed by atoms with Crippen LogP contribution in [0.1, 0.15) is 10.7 Å². The number of hydrogen-bond acceptors (Lipinski definition) is 5. The predicted octanol–water partition coefficient (Wildman–Crippen LogP) is 1.57. The minimum atomic E-state index is 0.750. The Kier molecular flexibility index (Phi) is 2.69. The highest BCUT2D eigenvalue weighted by atomic mass is 32.1. The molecule has 0 atom stereocenters. The summed E-state index contributed by atoms with van der Waals surface area (Å²) in [5.74, 6) is 0.791. The third kappa shape index (κ3) is 2.05. The quantitative estimate of drug-likeness (QED) is 0.828. The summed E-state index contributed by atoms with van der Waals surface area (Å²) >= 11 is 1.63. The molecule has 2 heterocycles. The Labute approximate surface area is 86.1 Å². The van der Waals surface area contributed by atoms with Crippen molar-refractivity contribution in [3.8, 4) is 0 Å². The van der Waals surface area contributed by atoms with Crippen LogP contribution in [-0.4, -0.2) is 22.0 Å². The van der Waals surface area contributed by atoms with Crippen LogP contribution in [0.15, 0.2) is 24.0 Å². The average Bonchev–Trinajstić information content (AvgIpc) is 2.71. The number of rotatable bonds is 3. The topological polar surface area (TPSA) is 50.7 Å². The van der Waals surface area contributed by atoms with Gasteiger partial charge in [0.1, 0.15) is 5.82 Å². The molecule has 0 saturated carbocycles. The normalized spacial score (nSPS) is 10.1. The maximum Gasteiger partial charge on any atom is 0.144 e. The van der Waals surface area contributed by atoms with Gasteiger partial charge in [-0.3, -0.25) is 4.98 Å². The van der Waals surface area contributed by atoms with Gasteiger partial charge in [-0.25, -0.2) is 9.97 Å². The molecule has 4 nitrogen and oxygen atoms in total. The monoisotopic (exact) mass is 206 g/mol. The molecule has 0 amide bonds. The molecule has 0 unspecified atom stereocenters. The highest BCUT2D eigenvalue weighted by Crippen LogP contribution is 2.10. The van der Waals surface area contributed by atoms with E-state index in [0.29, 0.717) is 0 Å². The fourth-order valence-electron chi connectivity index (χ4n) is 1.11. The molecule has 0 aromatic carbocycles. The summed E-state index contributed by atoms with van der Waals surface area (Å²) in [5, 5.41) is 5.98. The van der Waals surface area contributed by atoms with Gasteiger partial charge in [-0.15, -0.1) is 11.3 Å². The van der Waals surface area contributed by atoms with Gasteiger partial charge in [0, 0.05) is 31.2 Å². The Hall–Kier alpha value is -1.49. The average molecular weight is 206 g/mol. The Bertz CT molecular complexity index is 399. The maximum atomic E-state index is 4.36. The van der Waals surface area contributed by atoms with Crippen LogP contribution in [0.2, 0.25) is 0 Å². The van der Waals surface area contributed by atoms with Gasteiger partial charge < -0.3 is 5.32 Å². The molecule has 2 aromatic rings. The van der Waals surface area contributed by atoms with Gasteiger partial charge in [-0.1, -0.05) is 0 Å². The van der Waals surface area contributed by atoms with Gasteiger partial charge in [0.2, 0.25) is 0 Å². The first-order valence-electron chi connectivity index (χ1n) is 4.25. The molecule has 5 heteroatoms. The lowest BCUT2D eigenvalue weighted by Gasteiger charge is -2.00. The lowest BCUT2D eigenvalue weighted by Crippen LogP contribution is -1.98. The van der Waals surface area contributed by atoms with E-state index in [0.717, 1.165) is 22.9 Å². The smallest absolute Gasteiger partial charge is 0.144 e. The second kappa shape index (κ2) is 4.15. The van der Waals surface area contributed by atoms with Gasteiger partial charge in [0.25, 0.3) is 0 Å². The zero-order chi connectivity index (χ0) is 9.80. The molecular weight excluding hydrogens is 196 g/mol. The van der Waals surface area contributed by atoms with Crippen molar-refractivity contribution in [1.29, 1.82) is 0 Å². The van der Waals surface area contributed by atoms with E-state index in [2.05, 4.69) is 20.3 Å². The highest BCUT2D eigenvalue weighted by Gasteiger charge is 2.01. The van der Waals surface area contributed by atoms with Crippen molar-refractivity contribution in [3.63, 3.8) is 0 Å². The van der Waals surface area contributed by atoms with Gasteiger partial charge in [-0.05, 0) is 0 Å². The summed E-state index contributed by atoms with van der Waals surface area (Å²) < 4.78 is 0. The molecule has 0 aliphatic rings. The number of thiazole rings is 1. The standard InChI is InChI=1S/C9H10N4S/c1-10-8-6-11-5-7(13-8)4-9-12-2-3-14-9/h2-3,5-6H,4H2,1H3,(H,10,13). The van der Waals surface area contributed by atoms with Crippen molar-refractivity contribution < 1.29 is 0 Å². The lowest BCUT2D eigenvalue weighted by molar-refractivity contribution is 1.02. The zero-order valence-corrected chi connectivity index (χ0v) is 8.58. The minimum absolute atomic E-state index is 0.750. The van der Waals surface area contributed by atoms with E-state index in [9.17, 15) is 0 Å². The van der Waals surface area contributed by atoms with Crippen molar-refractivity contribution in [2.45, 2.75) is 6.42 Å². The largest absolute Gasteiger partial charge is 0.372 e. The molecule has 1 N–H and O–H groups in total. The first kappa shape index (κ1) is 9.08. The first-order valence-corrected chi connectivity index (χ1v) is 5.13. The molecule has 0 radical (unpaired) electrons. The molecule has 2 aromatic heterocycles. The summed E-state index contributed by atoms with van der Waals surface area (Å²) in [7, 11) is 1.83. The number of nitrogens with zero attached hydrogens (tertiary/aromatic N) is 3. The SMILES string of the molecule is CNc1cncc(Cc2nccs2)n1. The number of anilines is 1. The third-order valence-corrected chi connectivity index (χ3v) is 2.54. The van der Waals surface area contributed by atoms with Gasteiger partial charge >= 0.3 is 0 Å². The fraction of sp³-hybridized carbons (Fsp3) is 0.222. The van der Waals surface area contributed by atoms with E-state index in [1.807, 2.05) is 12.4 Å². The number of nitrogens with one attached hydrogen (secondary N) is 1. The molecular formula is C9H10N4S. The zero-order valence-electron chi connectivity index (χ0n) is 7.77. The Morgan fingerprint density at radius 1 is 1.43 bits per heavy atom. The van der Waals surface area contributed by atoms with E-state index in [1.165, 1.54) is 0 Å². The Morgan fingerprint density at radius 2 is 2.36 bits per heavy atom. The predicted molar refractivity (Wildman–Crippen MR) is 56.5 cm³/mol. The summed E-state index contributed by atoms with van der Waals surface area (Å²) in [6.45, 7) is 0. The molecule has 0 aliphatic heterocycles. The number of hydrogen-bond donors (Lipinski definition) is 1. The second-order valence-electron chi connectivity index (χ2n) is 2.75. The van der Waals surface area contributed by atoms with E-state index in [-0.39, 0.29) is 0 Å². The van der Waals surface area contributed by atoms with Gasteiger partial charge in [0.05, 0.1) is 16.9 Å². The molecule has 0 aliphatic carbocycles. The van der Waals surface area contributed by atoms with Crippen LogP contribution >= 0.6 is 11.3 Å². The van der Waals surface area contributed by atoms with Crippen LogP contribution < -0.4 is 5.32 Å². The van der Waals surface area contributed by atoms with Crippen LogP contribution in [-0.2, 0) is 6.42 Å². The Balaban J connectivity index is 2.17. The van der Waals surface area contributed by atoms with Gasteiger partial charge in [0.15, 0.2) is 0 Å². The lowest BCUT2D eigenvalue weighted by atomic mass is 10.3. The summed E-state index contributed by atoms with van der Waals surface area (Å²) in [6.07, 6.45) is 6.02. The van der Waals surface area contributed by atoms with Crippen molar-refractivity contribution in [3.05, 3.63) is 34.7 Å². The molecule has 0 bridgehead atoms. The number of aromatic nitrogens is 3. The van der Waals surface area contributed by atoms with E-state index >= 15 is 0 Å². The Morgan fingerprint density at radius 3 is 3.07 bits per heavy atom. The molecule has 0 saturated heterocycles. The van der Waals surface area contributed by atoms with Crippen molar-refractivity contribution in [2.24, 2.45) is 0 Å². The van der Waals surface area contributed by atoms with Crippen molar-refractivity contribution >= 4 is 17.2 Å². The fourth-order valence-corrected chi connectivity index (χ4v) is 1.74. The van der Waals surface area contributed by atoms with Crippen LogP contribution in [0.3, 0.4) is 0 Å². The first-order chi connectivity index (χ1) is 6.88. The highest BCUT2D eigenvalue weighted by molar-refractivity contribution is 7.09. The summed E-state index contributed by atoms with van der Waals surface area (Å²) in [5.41, 5.74) is 0.937. The third-order valence-electron chi connectivity index (χ3n) is 1.76. The molecule has 2 rings (SSSR count). The van der Waals surface area contributed by atoms with Crippen molar-refractivity contribution in [2.75, 3.05) is 12.4 Å². The van der Waals surface area contributed by atoms with Crippen LogP contribution in [0.4, 0.5) is 5.82 Å². The molecule has 72 valence electrons. The maximum absolute atomic E-state index is 4.36. The van der Waals surface area contributed by atoms with Gasteiger partial charge in [-0.2, -0.15) is 0 Å².